The molecule has 0 fully saturated rings. The fourth-order valence-electron chi connectivity index (χ4n) is 2.85. The van der Waals surface area contributed by atoms with Crippen molar-refractivity contribution in [1.29, 1.82) is 0 Å². The van der Waals surface area contributed by atoms with Gasteiger partial charge in [-0.2, -0.15) is 0 Å². The summed E-state index contributed by atoms with van der Waals surface area (Å²) in [4.78, 5) is 13.4. The Labute approximate surface area is 120 Å². The second kappa shape index (κ2) is 5.83. The number of carbonyl (C=O) groups is 1. The van der Waals surface area contributed by atoms with Crippen molar-refractivity contribution in [2.45, 2.75) is 51.1 Å². The summed E-state index contributed by atoms with van der Waals surface area (Å²) < 4.78 is 0. The second-order valence-electron chi connectivity index (χ2n) is 6.05. The molecule has 2 unspecified atom stereocenters. The Morgan fingerprint density at radius 2 is 2.15 bits per heavy atom. The molecule has 1 heterocycles. The predicted molar refractivity (Wildman–Crippen MR) is 81.0 cm³/mol. The molecule has 110 valence electrons. The van der Waals surface area contributed by atoms with Gasteiger partial charge in [-0.15, -0.1) is 0 Å². The fraction of sp³-hybridized carbons (Fsp3) is 0.562. The van der Waals surface area contributed by atoms with Crippen LogP contribution in [0, 0.1) is 0 Å². The lowest BCUT2D eigenvalue weighted by molar-refractivity contribution is -0.142. The molecule has 2 atom stereocenters. The van der Waals surface area contributed by atoms with Crippen LogP contribution >= 0.6 is 0 Å². The van der Waals surface area contributed by atoms with Gasteiger partial charge in [0.1, 0.15) is 5.54 Å². The van der Waals surface area contributed by atoms with Gasteiger partial charge in [0.05, 0.1) is 0 Å². The van der Waals surface area contributed by atoms with Gasteiger partial charge in [-0.05, 0) is 51.2 Å². The Morgan fingerprint density at radius 3 is 2.85 bits per heavy atom. The molecule has 0 bridgehead atoms. The number of hydrogen-bond donors (Lipinski definition) is 2. The third-order valence-corrected chi connectivity index (χ3v) is 4.18. The van der Waals surface area contributed by atoms with E-state index in [0.717, 1.165) is 25.8 Å². The van der Waals surface area contributed by atoms with Crippen molar-refractivity contribution in [3.8, 4) is 0 Å². The summed E-state index contributed by atoms with van der Waals surface area (Å²) in [6.07, 6.45) is 3.43. The molecular weight excluding hydrogens is 252 g/mol. The highest BCUT2D eigenvalue weighted by Gasteiger charge is 2.28. The van der Waals surface area contributed by atoms with E-state index in [0.29, 0.717) is 12.5 Å². The predicted octanol–water partition coefficient (Wildman–Crippen LogP) is 2.41. The molecule has 2 rings (SSSR count). The average Bonchev–Trinajstić information content (AvgIpc) is 2.70. The summed E-state index contributed by atoms with van der Waals surface area (Å²) >= 11 is 0. The van der Waals surface area contributed by atoms with Crippen LogP contribution in [-0.4, -0.2) is 29.2 Å². The van der Waals surface area contributed by atoms with E-state index in [2.05, 4.69) is 36.1 Å². The van der Waals surface area contributed by atoms with Crippen LogP contribution in [-0.2, 0) is 11.2 Å². The monoisotopic (exact) mass is 276 g/mol. The number of hydrogen-bond acceptors (Lipinski definition) is 3. The van der Waals surface area contributed by atoms with Crippen LogP contribution < -0.4 is 10.6 Å². The number of benzene rings is 1. The number of para-hydroxylation sites is 1. The first-order valence-corrected chi connectivity index (χ1v) is 7.28. The number of carboxylic acid groups (broad SMARTS) is 1. The van der Waals surface area contributed by atoms with Crippen molar-refractivity contribution in [2.75, 3.05) is 11.4 Å². The molecule has 0 amide bonds. The molecule has 0 aliphatic carbocycles. The summed E-state index contributed by atoms with van der Waals surface area (Å²) in [5.41, 5.74) is 7.38. The molecule has 1 aromatic carbocycles. The molecule has 0 saturated carbocycles. The molecule has 1 aliphatic rings. The third kappa shape index (κ3) is 3.12. The van der Waals surface area contributed by atoms with Crippen molar-refractivity contribution >= 4 is 11.7 Å². The number of aliphatic carboxylic acids is 1. The molecule has 4 nitrogen and oxygen atoms in total. The maximum absolute atomic E-state index is 11.0. The van der Waals surface area contributed by atoms with Crippen LogP contribution in [0.25, 0.3) is 0 Å². The molecule has 0 saturated heterocycles. The SMILES string of the molecule is CC1Cc2ccccc2N1CCCCC(C)(N)C(=O)O. The molecule has 3 N–H and O–H groups in total. The van der Waals surface area contributed by atoms with Crippen molar-refractivity contribution < 1.29 is 9.90 Å². The lowest BCUT2D eigenvalue weighted by atomic mass is 9.96. The highest BCUT2D eigenvalue weighted by atomic mass is 16.4. The van der Waals surface area contributed by atoms with E-state index in [1.807, 2.05) is 0 Å². The first-order chi connectivity index (χ1) is 9.42. The van der Waals surface area contributed by atoms with E-state index in [1.54, 1.807) is 6.92 Å². The number of nitrogens with zero attached hydrogens (tertiary/aromatic N) is 1. The maximum atomic E-state index is 11.0. The van der Waals surface area contributed by atoms with Gasteiger partial charge in [0.15, 0.2) is 0 Å². The Kier molecular flexibility index (Phi) is 4.33. The quantitative estimate of drug-likeness (QED) is 0.783. The standard InChI is InChI=1S/C16H24N2O2/c1-12-11-13-7-3-4-8-14(13)18(12)10-6-5-9-16(2,17)15(19)20/h3-4,7-8,12H,5-6,9-11,17H2,1-2H3,(H,19,20). The minimum Gasteiger partial charge on any atom is -0.480 e. The summed E-state index contributed by atoms with van der Waals surface area (Å²) in [7, 11) is 0. The van der Waals surface area contributed by atoms with Gasteiger partial charge < -0.3 is 15.7 Å². The Morgan fingerprint density at radius 1 is 1.45 bits per heavy atom. The summed E-state index contributed by atoms with van der Waals surface area (Å²) in [5, 5.41) is 8.99. The van der Waals surface area contributed by atoms with Gasteiger partial charge in [-0.1, -0.05) is 18.2 Å². The van der Waals surface area contributed by atoms with Crippen molar-refractivity contribution in [2.24, 2.45) is 5.73 Å². The molecule has 0 spiro atoms. The second-order valence-corrected chi connectivity index (χ2v) is 6.05. The number of fused-ring (bicyclic) bond motifs is 1. The minimum atomic E-state index is -1.10. The lowest BCUT2D eigenvalue weighted by Gasteiger charge is -2.25. The first kappa shape index (κ1) is 14.9. The van der Waals surface area contributed by atoms with Crippen LogP contribution in [0.4, 0.5) is 5.69 Å². The van der Waals surface area contributed by atoms with E-state index < -0.39 is 11.5 Å². The first-order valence-electron chi connectivity index (χ1n) is 7.28. The lowest BCUT2D eigenvalue weighted by Crippen LogP contribution is -2.44. The Hall–Kier alpha value is -1.55. The van der Waals surface area contributed by atoms with Crippen molar-refractivity contribution in [3.63, 3.8) is 0 Å². The van der Waals surface area contributed by atoms with Gasteiger partial charge in [-0.25, -0.2) is 0 Å². The highest BCUT2D eigenvalue weighted by Crippen LogP contribution is 2.31. The minimum absolute atomic E-state index is 0.520. The Balaban J connectivity index is 1.85. The van der Waals surface area contributed by atoms with Gasteiger partial charge in [-0.3, -0.25) is 4.79 Å². The van der Waals surface area contributed by atoms with E-state index in [-0.39, 0.29) is 0 Å². The van der Waals surface area contributed by atoms with Crippen LogP contribution in [0.2, 0.25) is 0 Å². The number of nitrogens with two attached hydrogens (primary N) is 1. The zero-order valence-electron chi connectivity index (χ0n) is 12.3. The number of rotatable bonds is 6. The Bertz CT molecular complexity index is 485. The molecule has 4 heteroatoms. The van der Waals surface area contributed by atoms with Crippen LogP contribution in [0.1, 0.15) is 38.7 Å². The van der Waals surface area contributed by atoms with Gasteiger partial charge in [0, 0.05) is 18.3 Å². The zero-order chi connectivity index (χ0) is 14.8. The van der Waals surface area contributed by atoms with Crippen LogP contribution in [0.15, 0.2) is 24.3 Å². The molecule has 0 radical (unpaired) electrons. The fourth-order valence-corrected chi connectivity index (χ4v) is 2.85. The van der Waals surface area contributed by atoms with E-state index in [9.17, 15) is 4.79 Å². The number of carboxylic acids is 1. The number of anilines is 1. The molecule has 1 aromatic rings. The van der Waals surface area contributed by atoms with Crippen molar-refractivity contribution in [1.82, 2.24) is 0 Å². The smallest absolute Gasteiger partial charge is 0.323 e. The zero-order valence-corrected chi connectivity index (χ0v) is 12.3. The van der Waals surface area contributed by atoms with E-state index >= 15 is 0 Å². The summed E-state index contributed by atoms with van der Waals surface area (Å²) in [6.45, 7) is 4.79. The number of unbranched alkanes of at least 4 members (excludes halogenated alkanes) is 1. The molecular formula is C16H24N2O2. The van der Waals surface area contributed by atoms with E-state index in [4.69, 9.17) is 10.8 Å². The average molecular weight is 276 g/mol. The third-order valence-electron chi connectivity index (χ3n) is 4.18. The molecule has 0 aromatic heterocycles. The van der Waals surface area contributed by atoms with Crippen LogP contribution in [0.5, 0.6) is 0 Å². The summed E-state index contributed by atoms with van der Waals surface area (Å²) in [5.74, 6) is -0.919. The largest absolute Gasteiger partial charge is 0.480 e. The molecule has 1 aliphatic heterocycles. The van der Waals surface area contributed by atoms with Gasteiger partial charge >= 0.3 is 5.97 Å². The van der Waals surface area contributed by atoms with E-state index in [1.165, 1.54) is 11.3 Å². The van der Waals surface area contributed by atoms with Crippen LogP contribution in [0.3, 0.4) is 0 Å². The summed E-state index contributed by atoms with van der Waals surface area (Å²) in [6, 6.07) is 9.04. The maximum Gasteiger partial charge on any atom is 0.323 e. The normalized spacial score (nSPS) is 20.6. The topological polar surface area (TPSA) is 66.6 Å². The van der Waals surface area contributed by atoms with Gasteiger partial charge in [0.25, 0.3) is 0 Å². The molecule has 20 heavy (non-hydrogen) atoms. The van der Waals surface area contributed by atoms with Crippen molar-refractivity contribution in [3.05, 3.63) is 29.8 Å². The van der Waals surface area contributed by atoms with Gasteiger partial charge in [0.2, 0.25) is 0 Å². The highest BCUT2D eigenvalue weighted by molar-refractivity contribution is 5.77.